The Morgan fingerprint density at radius 3 is 1.81 bits per heavy atom. The van der Waals surface area contributed by atoms with Gasteiger partial charge >= 0.3 is 11.9 Å². The minimum atomic E-state index is -0.390. The van der Waals surface area contributed by atoms with Gasteiger partial charge in [0, 0.05) is 16.9 Å². The lowest BCUT2D eigenvalue weighted by Gasteiger charge is -2.24. The number of ether oxygens (including phenoxy) is 2. The Bertz CT molecular complexity index is 357. The lowest BCUT2D eigenvalue weighted by molar-refractivity contribution is -0.149. The summed E-state index contributed by atoms with van der Waals surface area (Å²) in [5, 5.41) is 0. The molecule has 1 saturated heterocycles. The lowest BCUT2D eigenvalue weighted by Crippen LogP contribution is -2.34. The van der Waals surface area contributed by atoms with Crippen LogP contribution >= 0.6 is 11.8 Å². The van der Waals surface area contributed by atoms with E-state index in [9.17, 15) is 9.59 Å². The van der Waals surface area contributed by atoms with Crippen molar-refractivity contribution in [3.63, 3.8) is 0 Å². The van der Waals surface area contributed by atoms with Crippen molar-refractivity contribution in [2.75, 3.05) is 25.7 Å². The smallest absolute Gasteiger partial charge is 0.313 e. The van der Waals surface area contributed by atoms with Gasteiger partial charge in [-0.25, -0.2) is 0 Å². The molecule has 16 heavy (non-hydrogen) atoms. The largest absolute Gasteiger partial charge is 0.469 e. The summed E-state index contributed by atoms with van der Waals surface area (Å²) in [5.41, 5.74) is -0.900. The summed E-state index contributed by atoms with van der Waals surface area (Å²) in [4.78, 5) is 23.7. The third-order valence-electron chi connectivity index (χ3n) is 4.64. The van der Waals surface area contributed by atoms with Crippen LogP contribution in [-0.2, 0) is 19.1 Å². The number of hydrogen-bond acceptors (Lipinski definition) is 5. The van der Waals surface area contributed by atoms with Crippen LogP contribution in [0.25, 0.3) is 0 Å². The highest BCUT2D eigenvalue weighted by atomic mass is 32.2. The van der Waals surface area contributed by atoms with Crippen LogP contribution in [0.4, 0.5) is 0 Å². The van der Waals surface area contributed by atoms with Gasteiger partial charge in [0.15, 0.2) is 0 Å². The zero-order valence-electron chi connectivity index (χ0n) is 9.37. The highest BCUT2D eigenvalue weighted by Crippen LogP contribution is 2.91. The fraction of sp³-hybridized carbons (Fsp3) is 0.818. The lowest BCUT2D eigenvalue weighted by atomic mass is 9.96. The topological polar surface area (TPSA) is 52.6 Å². The Kier molecular flexibility index (Phi) is 1.80. The molecule has 2 saturated carbocycles. The van der Waals surface area contributed by atoms with Crippen molar-refractivity contribution in [2.24, 2.45) is 16.2 Å². The Balaban J connectivity index is 1.92. The third kappa shape index (κ3) is 0.826. The molecule has 0 amide bonds. The van der Waals surface area contributed by atoms with Crippen LogP contribution in [0.3, 0.4) is 0 Å². The molecule has 3 rings (SSSR count). The highest BCUT2D eigenvalue weighted by Gasteiger charge is 2.93. The van der Waals surface area contributed by atoms with Gasteiger partial charge in [-0.15, -0.1) is 0 Å². The van der Waals surface area contributed by atoms with Gasteiger partial charge in [0.2, 0.25) is 0 Å². The van der Waals surface area contributed by atoms with Crippen LogP contribution in [-0.4, -0.2) is 37.7 Å². The van der Waals surface area contributed by atoms with Crippen molar-refractivity contribution in [1.82, 2.24) is 0 Å². The Morgan fingerprint density at radius 1 is 1.00 bits per heavy atom. The van der Waals surface area contributed by atoms with Crippen LogP contribution in [0, 0.1) is 16.2 Å². The molecular formula is C11H14O4S. The first-order chi connectivity index (χ1) is 7.58. The summed E-state index contributed by atoms with van der Waals surface area (Å²) in [6, 6.07) is 0. The van der Waals surface area contributed by atoms with Crippen molar-refractivity contribution < 1.29 is 19.1 Å². The monoisotopic (exact) mass is 242 g/mol. The molecule has 2 atom stereocenters. The Hall–Kier alpha value is -0.710. The zero-order chi connectivity index (χ0) is 11.6. The third-order valence-corrected chi connectivity index (χ3v) is 6.03. The van der Waals surface area contributed by atoms with Gasteiger partial charge in [0.1, 0.15) is 0 Å². The fourth-order valence-electron chi connectivity index (χ4n) is 3.62. The van der Waals surface area contributed by atoms with Gasteiger partial charge in [0.05, 0.1) is 25.0 Å². The van der Waals surface area contributed by atoms with E-state index in [4.69, 9.17) is 9.47 Å². The summed E-state index contributed by atoms with van der Waals surface area (Å²) >= 11 is 1.67. The van der Waals surface area contributed by atoms with Crippen molar-refractivity contribution in [1.29, 1.82) is 0 Å². The van der Waals surface area contributed by atoms with Gasteiger partial charge in [-0.3, -0.25) is 9.59 Å². The first kappa shape index (κ1) is 10.4. The number of methoxy groups -OCH3 is 2. The molecule has 0 N–H and O–H groups in total. The molecule has 0 aromatic heterocycles. The van der Waals surface area contributed by atoms with Crippen LogP contribution < -0.4 is 0 Å². The second-order valence-electron chi connectivity index (χ2n) is 5.08. The van der Waals surface area contributed by atoms with E-state index in [2.05, 4.69) is 0 Å². The van der Waals surface area contributed by atoms with Crippen molar-refractivity contribution >= 4 is 23.7 Å². The number of carbonyl (C=O) groups is 2. The van der Waals surface area contributed by atoms with Crippen LogP contribution in [0.15, 0.2) is 0 Å². The van der Waals surface area contributed by atoms with Gasteiger partial charge in [-0.1, -0.05) is 0 Å². The number of hydrogen-bond donors (Lipinski definition) is 0. The molecule has 1 spiro atoms. The zero-order valence-corrected chi connectivity index (χ0v) is 10.2. The maximum absolute atomic E-state index is 11.8. The fourth-order valence-corrected chi connectivity index (χ4v) is 5.41. The average Bonchev–Trinajstić information content (AvgIpc) is 3.14. The maximum Gasteiger partial charge on any atom is 0.313 e. The van der Waals surface area contributed by atoms with E-state index in [0.29, 0.717) is 0 Å². The number of esters is 2. The molecule has 1 heterocycles. The van der Waals surface area contributed by atoms with Crippen LogP contribution in [0.1, 0.15) is 12.8 Å². The molecule has 2 aliphatic carbocycles. The van der Waals surface area contributed by atoms with Gasteiger partial charge in [0.25, 0.3) is 0 Å². The van der Waals surface area contributed by atoms with Crippen LogP contribution in [0.2, 0.25) is 0 Å². The molecule has 2 unspecified atom stereocenters. The summed E-state index contributed by atoms with van der Waals surface area (Å²) < 4.78 is 9.76. The quantitative estimate of drug-likeness (QED) is 0.672. The Labute approximate surface area is 98.0 Å². The Morgan fingerprint density at radius 2 is 1.44 bits per heavy atom. The minimum Gasteiger partial charge on any atom is -0.469 e. The predicted octanol–water partition coefficient (Wildman–Crippen LogP) is 0.846. The molecule has 0 aromatic carbocycles. The van der Waals surface area contributed by atoms with E-state index in [-0.39, 0.29) is 17.4 Å². The van der Waals surface area contributed by atoms with E-state index in [1.165, 1.54) is 14.2 Å². The van der Waals surface area contributed by atoms with Gasteiger partial charge in [-0.2, -0.15) is 11.8 Å². The average molecular weight is 242 g/mol. The molecule has 0 radical (unpaired) electrons. The molecule has 0 aromatic rings. The first-order valence-electron chi connectivity index (χ1n) is 5.33. The summed E-state index contributed by atoms with van der Waals surface area (Å²) in [6.45, 7) is 0. The predicted molar refractivity (Wildman–Crippen MR) is 57.9 cm³/mol. The number of carbonyl (C=O) groups excluding carboxylic acids is 2. The molecule has 3 aliphatic rings. The van der Waals surface area contributed by atoms with Gasteiger partial charge in [-0.05, 0) is 12.8 Å². The van der Waals surface area contributed by atoms with E-state index in [1.807, 2.05) is 0 Å². The summed E-state index contributed by atoms with van der Waals surface area (Å²) in [5.74, 6) is 1.28. The molecule has 88 valence electrons. The normalized spacial score (nSPS) is 47.4. The molecule has 4 nitrogen and oxygen atoms in total. The highest BCUT2D eigenvalue weighted by molar-refractivity contribution is 7.99. The molecule has 3 fully saturated rings. The number of thioether (sulfide) groups is 1. The minimum absolute atomic E-state index is 0.120. The SMILES string of the molecule is COC(=O)C12CSCC3(C(=O)OC)CC13C2. The van der Waals surface area contributed by atoms with E-state index in [0.717, 1.165) is 24.3 Å². The molecular weight excluding hydrogens is 228 g/mol. The first-order valence-corrected chi connectivity index (χ1v) is 6.49. The molecule has 5 heteroatoms. The summed E-state index contributed by atoms with van der Waals surface area (Å²) in [7, 11) is 2.84. The molecule has 0 bridgehead atoms. The van der Waals surface area contributed by atoms with Crippen LogP contribution in [0.5, 0.6) is 0 Å². The maximum atomic E-state index is 11.8. The van der Waals surface area contributed by atoms with E-state index >= 15 is 0 Å². The van der Waals surface area contributed by atoms with Gasteiger partial charge < -0.3 is 9.47 Å². The second kappa shape index (κ2) is 2.75. The number of rotatable bonds is 2. The summed E-state index contributed by atoms with van der Waals surface area (Å²) in [6.07, 6.45) is 1.60. The van der Waals surface area contributed by atoms with Crippen molar-refractivity contribution in [3.8, 4) is 0 Å². The molecule has 1 aliphatic heterocycles. The van der Waals surface area contributed by atoms with E-state index in [1.54, 1.807) is 11.8 Å². The van der Waals surface area contributed by atoms with Crippen molar-refractivity contribution in [2.45, 2.75) is 12.8 Å². The van der Waals surface area contributed by atoms with E-state index < -0.39 is 10.8 Å². The standard InChI is InChI=1S/C11H14O4S/c1-14-7(12)9-3-11(9)4-10(11,6-16-5-9)8(13)15-2/h3-6H2,1-2H3. The second-order valence-corrected chi connectivity index (χ2v) is 6.06. The van der Waals surface area contributed by atoms with Crippen molar-refractivity contribution in [3.05, 3.63) is 0 Å².